The summed E-state index contributed by atoms with van der Waals surface area (Å²) in [6.45, 7) is 3.59. The van der Waals surface area contributed by atoms with E-state index in [0.717, 1.165) is 38.1 Å². The summed E-state index contributed by atoms with van der Waals surface area (Å²) in [7, 11) is 0. The lowest BCUT2D eigenvalue weighted by Gasteiger charge is -2.21. The van der Waals surface area contributed by atoms with E-state index in [2.05, 4.69) is 22.8 Å². The highest BCUT2D eigenvalue weighted by atomic mass is 35.5. The molecule has 2 atom stereocenters. The number of hydrogen-bond acceptors (Lipinski definition) is 3. The second kappa shape index (κ2) is 9.34. The third-order valence-electron chi connectivity index (χ3n) is 4.36. The Kier molecular flexibility index (Phi) is 6.87. The molecule has 1 saturated heterocycles. The standard InChI is InChI=1S/C19H23ClN2O2S/c20-16-7-5-15(6-8-16)11-21-19(23)14-22(12-17-3-1-9-24-17)13-18-4-2-10-25-18/h2,4-8,10,17H,1,3,9,11-14H2,(H,21,23)/p+1/t17-/m1/s1. The number of thiophene rings is 1. The van der Waals surface area contributed by atoms with E-state index in [0.29, 0.717) is 18.1 Å². The molecular formula is C19H24ClN2O2S+. The number of hydrogen-bond donors (Lipinski definition) is 2. The number of ether oxygens (including phenoxy) is 1. The summed E-state index contributed by atoms with van der Waals surface area (Å²) in [6, 6.07) is 11.7. The third-order valence-corrected chi connectivity index (χ3v) is 5.49. The summed E-state index contributed by atoms with van der Waals surface area (Å²) in [4.78, 5) is 15.0. The van der Waals surface area contributed by atoms with Gasteiger partial charge in [0.1, 0.15) is 19.2 Å². The van der Waals surface area contributed by atoms with Crippen molar-refractivity contribution in [2.24, 2.45) is 0 Å². The molecular weight excluding hydrogens is 356 g/mol. The summed E-state index contributed by atoms with van der Waals surface area (Å²) in [5.74, 6) is 0.0690. The average molecular weight is 380 g/mol. The van der Waals surface area contributed by atoms with E-state index in [1.54, 1.807) is 11.3 Å². The number of quaternary nitrogens is 1. The number of amides is 1. The lowest BCUT2D eigenvalue weighted by Crippen LogP contribution is -3.13. The van der Waals surface area contributed by atoms with Crippen molar-refractivity contribution in [2.45, 2.75) is 32.0 Å². The number of nitrogens with one attached hydrogen (secondary N) is 2. The average Bonchev–Trinajstić information content (AvgIpc) is 3.28. The third kappa shape index (κ3) is 6.12. The van der Waals surface area contributed by atoms with Gasteiger partial charge in [0.2, 0.25) is 0 Å². The second-order valence-electron chi connectivity index (χ2n) is 6.43. The van der Waals surface area contributed by atoms with Crippen LogP contribution < -0.4 is 10.2 Å². The van der Waals surface area contributed by atoms with E-state index in [1.807, 2.05) is 24.3 Å². The minimum Gasteiger partial charge on any atom is -0.372 e. The zero-order valence-electron chi connectivity index (χ0n) is 14.2. The van der Waals surface area contributed by atoms with E-state index in [4.69, 9.17) is 16.3 Å². The monoisotopic (exact) mass is 379 g/mol. The van der Waals surface area contributed by atoms with Crippen molar-refractivity contribution in [3.8, 4) is 0 Å². The van der Waals surface area contributed by atoms with Gasteiger partial charge in [-0.05, 0) is 42.0 Å². The van der Waals surface area contributed by atoms with Gasteiger partial charge in [-0.1, -0.05) is 29.8 Å². The van der Waals surface area contributed by atoms with Gasteiger partial charge in [-0.2, -0.15) is 0 Å². The highest BCUT2D eigenvalue weighted by Crippen LogP contribution is 2.11. The second-order valence-corrected chi connectivity index (χ2v) is 7.89. The molecule has 2 N–H and O–H groups in total. The first kappa shape index (κ1) is 18.4. The Hall–Kier alpha value is -1.40. The number of benzene rings is 1. The fourth-order valence-corrected chi connectivity index (χ4v) is 3.99. The summed E-state index contributed by atoms with van der Waals surface area (Å²) >= 11 is 7.63. The normalized spacial score (nSPS) is 18.2. The van der Waals surface area contributed by atoms with E-state index in [-0.39, 0.29) is 12.0 Å². The van der Waals surface area contributed by atoms with Gasteiger partial charge < -0.3 is 15.0 Å². The van der Waals surface area contributed by atoms with Crippen molar-refractivity contribution in [1.29, 1.82) is 0 Å². The van der Waals surface area contributed by atoms with Crippen LogP contribution in [0, 0.1) is 0 Å². The largest absolute Gasteiger partial charge is 0.372 e. The maximum Gasteiger partial charge on any atom is 0.275 e. The molecule has 3 rings (SSSR count). The molecule has 1 aromatic carbocycles. The van der Waals surface area contributed by atoms with Crippen LogP contribution in [0.25, 0.3) is 0 Å². The lowest BCUT2D eigenvalue weighted by atomic mass is 10.2. The van der Waals surface area contributed by atoms with Gasteiger partial charge >= 0.3 is 0 Å². The summed E-state index contributed by atoms with van der Waals surface area (Å²) in [5, 5.41) is 5.80. The molecule has 25 heavy (non-hydrogen) atoms. The van der Waals surface area contributed by atoms with Crippen molar-refractivity contribution in [3.63, 3.8) is 0 Å². The molecule has 1 unspecified atom stereocenters. The molecule has 1 aliphatic rings. The molecule has 0 radical (unpaired) electrons. The number of carbonyl (C=O) groups is 1. The van der Waals surface area contributed by atoms with Crippen molar-refractivity contribution >= 4 is 28.8 Å². The fraction of sp³-hybridized carbons (Fsp3) is 0.421. The molecule has 1 fully saturated rings. The van der Waals surface area contributed by atoms with Crippen LogP contribution in [0.5, 0.6) is 0 Å². The van der Waals surface area contributed by atoms with Gasteiger partial charge in [0.05, 0.1) is 4.88 Å². The van der Waals surface area contributed by atoms with Crippen LogP contribution in [-0.4, -0.2) is 31.7 Å². The Morgan fingerprint density at radius 3 is 2.84 bits per heavy atom. The molecule has 1 aliphatic heterocycles. The molecule has 2 aromatic rings. The molecule has 4 nitrogen and oxygen atoms in total. The van der Waals surface area contributed by atoms with E-state index < -0.39 is 0 Å². The Balaban J connectivity index is 1.52. The van der Waals surface area contributed by atoms with Crippen molar-refractivity contribution in [1.82, 2.24) is 5.32 Å². The van der Waals surface area contributed by atoms with Gasteiger partial charge in [-0.15, -0.1) is 11.3 Å². The molecule has 0 saturated carbocycles. The Labute approximate surface area is 157 Å². The maximum absolute atomic E-state index is 12.4. The van der Waals surface area contributed by atoms with Crippen LogP contribution in [0.4, 0.5) is 0 Å². The van der Waals surface area contributed by atoms with Gasteiger partial charge in [0, 0.05) is 18.2 Å². The highest BCUT2D eigenvalue weighted by molar-refractivity contribution is 7.09. The first-order chi connectivity index (χ1) is 12.2. The first-order valence-electron chi connectivity index (χ1n) is 8.68. The molecule has 6 heteroatoms. The number of rotatable bonds is 8. The fourth-order valence-electron chi connectivity index (χ4n) is 3.09. The summed E-state index contributed by atoms with van der Waals surface area (Å²) in [6.07, 6.45) is 2.50. The van der Waals surface area contributed by atoms with Gasteiger partial charge in [0.15, 0.2) is 6.54 Å². The zero-order chi connectivity index (χ0) is 17.5. The quantitative estimate of drug-likeness (QED) is 0.739. The van der Waals surface area contributed by atoms with Gasteiger partial charge in [-0.3, -0.25) is 4.79 Å². The smallest absolute Gasteiger partial charge is 0.275 e. The minimum absolute atomic E-state index is 0.0690. The Bertz CT molecular complexity index is 655. The lowest BCUT2D eigenvalue weighted by molar-refractivity contribution is -0.908. The zero-order valence-corrected chi connectivity index (χ0v) is 15.7. The Morgan fingerprint density at radius 2 is 2.16 bits per heavy atom. The topological polar surface area (TPSA) is 42.8 Å². The molecule has 0 spiro atoms. The highest BCUT2D eigenvalue weighted by Gasteiger charge is 2.24. The van der Waals surface area contributed by atoms with Crippen LogP contribution in [0.1, 0.15) is 23.3 Å². The molecule has 1 amide bonds. The predicted molar refractivity (Wildman–Crippen MR) is 101 cm³/mol. The number of carbonyl (C=O) groups excluding carboxylic acids is 1. The summed E-state index contributed by atoms with van der Waals surface area (Å²) < 4.78 is 5.76. The van der Waals surface area contributed by atoms with E-state index >= 15 is 0 Å². The first-order valence-corrected chi connectivity index (χ1v) is 9.93. The number of halogens is 1. The summed E-state index contributed by atoms with van der Waals surface area (Å²) in [5.41, 5.74) is 1.05. The van der Waals surface area contributed by atoms with Crippen LogP contribution in [0.15, 0.2) is 41.8 Å². The molecule has 0 bridgehead atoms. The SMILES string of the molecule is O=C(C[NH+](Cc1cccs1)C[C@H]1CCCO1)NCc1ccc(Cl)cc1. The van der Waals surface area contributed by atoms with E-state index in [1.165, 1.54) is 9.78 Å². The molecule has 0 aliphatic carbocycles. The minimum atomic E-state index is 0.0690. The van der Waals surface area contributed by atoms with Crippen LogP contribution in [0.3, 0.4) is 0 Å². The molecule has 1 aromatic heterocycles. The van der Waals surface area contributed by atoms with Crippen molar-refractivity contribution < 1.29 is 14.4 Å². The van der Waals surface area contributed by atoms with Crippen LogP contribution in [0.2, 0.25) is 5.02 Å². The predicted octanol–water partition coefficient (Wildman–Crippen LogP) is 2.28. The van der Waals surface area contributed by atoms with E-state index in [9.17, 15) is 4.79 Å². The van der Waals surface area contributed by atoms with Crippen molar-refractivity contribution in [2.75, 3.05) is 19.7 Å². The van der Waals surface area contributed by atoms with Gasteiger partial charge in [0.25, 0.3) is 5.91 Å². The Morgan fingerprint density at radius 1 is 1.32 bits per heavy atom. The van der Waals surface area contributed by atoms with Crippen LogP contribution in [-0.2, 0) is 22.6 Å². The molecule has 2 heterocycles. The molecule has 134 valence electrons. The van der Waals surface area contributed by atoms with Crippen LogP contribution >= 0.6 is 22.9 Å². The van der Waals surface area contributed by atoms with Crippen molar-refractivity contribution in [3.05, 3.63) is 57.2 Å². The van der Waals surface area contributed by atoms with Gasteiger partial charge in [-0.25, -0.2) is 0 Å². The maximum atomic E-state index is 12.4.